The zero-order chi connectivity index (χ0) is 8.23. The van der Waals surface area contributed by atoms with Crippen LogP contribution in [0.5, 0.6) is 0 Å². The lowest BCUT2D eigenvalue weighted by Gasteiger charge is -1.97. The van der Waals surface area contributed by atoms with Crippen molar-refractivity contribution in [3.63, 3.8) is 0 Å². The zero-order valence-electron chi connectivity index (χ0n) is 8.15. The maximum atomic E-state index is 3.96. The van der Waals surface area contributed by atoms with E-state index in [1.165, 1.54) is 11.1 Å². The molecule has 0 N–H and O–H groups in total. The normalized spacial score (nSPS) is 7.25. The molecule has 2 nitrogen and oxygen atoms in total. The van der Waals surface area contributed by atoms with Crippen LogP contribution in [-0.2, 0) is 0 Å². The molecule has 2 heterocycles. The lowest BCUT2D eigenvalue weighted by molar-refractivity contribution is 1.31. The number of hydrogen-bond acceptors (Lipinski definition) is 2. The van der Waals surface area contributed by atoms with Gasteiger partial charge in [0.05, 0.1) is 0 Å². The molecule has 2 aromatic rings. The van der Waals surface area contributed by atoms with Gasteiger partial charge in [-0.3, -0.25) is 9.97 Å². The highest BCUT2D eigenvalue weighted by Gasteiger charge is 1.92. The molecule has 0 aromatic carbocycles. The molecule has 0 spiro atoms. The number of halogens is 4. The predicted molar refractivity (Wildman–Crippen MR) is 76.5 cm³/mol. The summed E-state index contributed by atoms with van der Waals surface area (Å²) in [7, 11) is 0. The van der Waals surface area contributed by atoms with Gasteiger partial charge in [0, 0.05) is 24.8 Å². The number of hydrogen-bond donors (Lipinski definition) is 0. The van der Waals surface area contributed by atoms with Gasteiger partial charge in [-0.25, -0.2) is 0 Å². The van der Waals surface area contributed by atoms with Crippen LogP contribution in [-0.4, -0.2) is 9.97 Å². The summed E-state index contributed by atoms with van der Waals surface area (Å²) in [6, 6.07) is 7.93. The molecule has 0 aliphatic heterocycles. The van der Waals surface area contributed by atoms with E-state index in [2.05, 4.69) is 9.97 Å². The van der Waals surface area contributed by atoms with E-state index in [4.69, 9.17) is 0 Å². The van der Waals surface area contributed by atoms with Gasteiger partial charge < -0.3 is 0 Å². The van der Waals surface area contributed by atoms with Crippen molar-refractivity contribution in [2.24, 2.45) is 0 Å². The minimum Gasteiger partial charge on any atom is -0.265 e. The molecule has 0 aliphatic rings. The second-order valence-electron chi connectivity index (χ2n) is 2.47. The van der Waals surface area contributed by atoms with Crippen LogP contribution in [0.2, 0.25) is 0 Å². The first-order valence-electron chi connectivity index (χ1n) is 3.77. The van der Waals surface area contributed by atoms with Crippen LogP contribution in [0.25, 0.3) is 11.1 Å². The Morgan fingerprint density at radius 1 is 0.500 bits per heavy atom. The lowest BCUT2D eigenvalue weighted by Crippen LogP contribution is -1.77. The Balaban J connectivity index is -0.000000422. The number of pyridine rings is 2. The average Bonchev–Trinajstić information content (AvgIpc) is 2.21. The summed E-state index contributed by atoms with van der Waals surface area (Å²) < 4.78 is 0. The van der Waals surface area contributed by atoms with Crippen LogP contribution < -0.4 is 0 Å². The number of nitrogens with zero attached hydrogens (tertiary/aromatic N) is 2. The number of rotatable bonds is 1. The Bertz CT molecular complexity index is 318. The summed E-state index contributed by atoms with van der Waals surface area (Å²) in [5.41, 5.74) is 2.35. The second kappa shape index (κ2) is 11.0. The van der Waals surface area contributed by atoms with Gasteiger partial charge in [-0.15, -0.1) is 49.6 Å². The Morgan fingerprint density at radius 3 is 1.00 bits per heavy atom. The van der Waals surface area contributed by atoms with E-state index >= 15 is 0 Å². The molecule has 0 fully saturated rings. The van der Waals surface area contributed by atoms with Gasteiger partial charge in [0.25, 0.3) is 0 Å². The first-order valence-corrected chi connectivity index (χ1v) is 3.77. The quantitative estimate of drug-likeness (QED) is 0.800. The molecule has 0 amide bonds. The zero-order valence-corrected chi connectivity index (χ0v) is 11.4. The third-order valence-electron chi connectivity index (χ3n) is 1.69. The van der Waals surface area contributed by atoms with Gasteiger partial charge in [0.2, 0.25) is 0 Å². The van der Waals surface area contributed by atoms with Crippen LogP contribution in [0, 0.1) is 0 Å². The summed E-state index contributed by atoms with van der Waals surface area (Å²) in [5.74, 6) is 0. The fourth-order valence-corrected chi connectivity index (χ4v) is 1.09. The third-order valence-corrected chi connectivity index (χ3v) is 1.69. The largest absolute Gasteiger partial charge is 0.265 e. The maximum Gasteiger partial charge on any atom is 0.0273 e. The van der Waals surface area contributed by atoms with Crippen molar-refractivity contribution >= 4 is 49.6 Å². The molecule has 0 radical (unpaired) electrons. The minimum atomic E-state index is 0. The van der Waals surface area contributed by atoms with E-state index in [-0.39, 0.29) is 49.6 Å². The van der Waals surface area contributed by atoms with Gasteiger partial charge in [-0.05, 0) is 35.4 Å². The van der Waals surface area contributed by atoms with E-state index in [0.29, 0.717) is 0 Å². The molecule has 2 rings (SSSR count). The Hall–Kier alpha value is -0.540. The Kier molecular flexibility index (Phi) is 14.3. The molecule has 0 atom stereocenters. The molecule has 0 saturated carbocycles. The van der Waals surface area contributed by atoms with Gasteiger partial charge in [-0.2, -0.15) is 0 Å². The van der Waals surface area contributed by atoms with E-state index in [0.717, 1.165) is 0 Å². The van der Waals surface area contributed by atoms with Crippen LogP contribution in [0.3, 0.4) is 0 Å². The minimum absolute atomic E-state index is 0. The van der Waals surface area contributed by atoms with Crippen molar-refractivity contribution in [3.05, 3.63) is 49.1 Å². The fraction of sp³-hybridized carbons (Fsp3) is 0. The first kappa shape index (κ1) is 20.8. The topological polar surface area (TPSA) is 25.8 Å². The van der Waals surface area contributed by atoms with E-state index in [1.807, 2.05) is 24.3 Å². The van der Waals surface area contributed by atoms with Crippen LogP contribution >= 0.6 is 49.6 Å². The van der Waals surface area contributed by atoms with Crippen molar-refractivity contribution < 1.29 is 0 Å². The number of aromatic nitrogens is 2. The third kappa shape index (κ3) is 5.52. The molecule has 0 aliphatic carbocycles. The van der Waals surface area contributed by atoms with Crippen molar-refractivity contribution in [1.29, 1.82) is 0 Å². The van der Waals surface area contributed by atoms with Gasteiger partial charge in [0.15, 0.2) is 0 Å². The highest BCUT2D eigenvalue weighted by atomic mass is 35.5. The van der Waals surface area contributed by atoms with Gasteiger partial charge >= 0.3 is 0 Å². The first-order chi connectivity index (χ1) is 5.97. The lowest BCUT2D eigenvalue weighted by atomic mass is 10.1. The van der Waals surface area contributed by atoms with Gasteiger partial charge in [-0.1, -0.05) is 0 Å². The molecular weight excluding hydrogens is 290 g/mol. The molecule has 16 heavy (non-hydrogen) atoms. The summed E-state index contributed by atoms with van der Waals surface area (Å²) in [5, 5.41) is 0. The highest BCUT2D eigenvalue weighted by molar-refractivity contribution is 5.86. The van der Waals surface area contributed by atoms with Crippen molar-refractivity contribution in [3.8, 4) is 11.1 Å². The molecular formula is C10H12Cl4N2. The average molecular weight is 302 g/mol. The molecule has 0 bridgehead atoms. The summed E-state index contributed by atoms with van der Waals surface area (Å²) in [4.78, 5) is 7.91. The van der Waals surface area contributed by atoms with E-state index in [1.54, 1.807) is 24.8 Å². The SMILES string of the molecule is Cl.Cl.Cl.Cl.c1cc(-c2ccncc2)ccn1. The molecule has 6 heteroatoms. The highest BCUT2D eigenvalue weighted by Crippen LogP contribution is 2.15. The van der Waals surface area contributed by atoms with Crippen LogP contribution in [0.1, 0.15) is 0 Å². The standard InChI is InChI=1S/C10H8N2.4ClH/c1-5-11-6-2-9(1)10-3-7-12-8-4-10;;;;/h1-8H;4*1H. The van der Waals surface area contributed by atoms with Crippen LogP contribution in [0.15, 0.2) is 49.1 Å². The van der Waals surface area contributed by atoms with Crippen molar-refractivity contribution in [1.82, 2.24) is 9.97 Å². The maximum absolute atomic E-state index is 3.96. The second-order valence-corrected chi connectivity index (χ2v) is 2.47. The van der Waals surface area contributed by atoms with Crippen LogP contribution in [0.4, 0.5) is 0 Å². The molecule has 0 unspecified atom stereocenters. The van der Waals surface area contributed by atoms with Crippen molar-refractivity contribution in [2.45, 2.75) is 0 Å². The predicted octanol–water partition coefficient (Wildman–Crippen LogP) is 3.83. The molecule has 2 aromatic heterocycles. The summed E-state index contributed by atoms with van der Waals surface area (Å²) in [6.07, 6.45) is 7.15. The smallest absolute Gasteiger partial charge is 0.0273 e. The van der Waals surface area contributed by atoms with E-state index in [9.17, 15) is 0 Å². The Morgan fingerprint density at radius 2 is 0.750 bits per heavy atom. The van der Waals surface area contributed by atoms with Gasteiger partial charge in [0.1, 0.15) is 0 Å². The van der Waals surface area contributed by atoms with E-state index < -0.39 is 0 Å². The Labute approximate surface area is 120 Å². The van der Waals surface area contributed by atoms with Crippen molar-refractivity contribution in [2.75, 3.05) is 0 Å². The summed E-state index contributed by atoms with van der Waals surface area (Å²) >= 11 is 0. The monoisotopic (exact) mass is 300 g/mol. The fourth-order valence-electron chi connectivity index (χ4n) is 1.09. The molecule has 90 valence electrons. The summed E-state index contributed by atoms with van der Waals surface area (Å²) in [6.45, 7) is 0. The molecule has 0 saturated heterocycles.